The molecule has 0 aliphatic heterocycles. The van der Waals surface area contributed by atoms with Crippen LogP contribution in [0.5, 0.6) is 11.5 Å². The summed E-state index contributed by atoms with van der Waals surface area (Å²) in [6, 6.07) is 15.6. The maximum Gasteiger partial charge on any atom is 0.263 e. The maximum absolute atomic E-state index is 12.6. The third-order valence-corrected chi connectivity index (χ3v) is 6.77. The standard InChI is InChI=1S/C22H19N5O3S2/c1-3-27-20(12-15(2)25-27)16-4-6-18(7-5-16)30-21-9-8-19(13-17(21)14-23)32(28,29)26-22-24-10-11-31-22/h4-13H,3H2,1-2H3,(H,24,26). The van der Waals surface area contributed by atoms with Crippen molar-refractivity contribution < 1.29 is 13.2 Å². The number of thiazole rings is 1. The molecule has 0 amide bonds. The topological polar surface area (TPSA) is 110 Å². The van der Waals surface area contributed by atoms with Gasteiger partial charge in [0.2, 0.25) is 0 Å². The molecule has 4 rings (SSSR count). The zero-order valence-electron chi connectivity index (χ0n) is 17.3. The molecule has 1 N–H and O–H groups in total. The van der Waals surface area contributed by atoms with Crippen molar-refractivity contribution in [1.82, 2.24) is 14.8 Å². The summed E-state index contributed by atoms with van der Waals surface area (Å²) in [4.78, 5) is 3.87. The summed E-state index contributed by atoms with van der Waals surface area (Å²) in [5, 5.41) is 15.9. The quantitative estimate of drug-likeness (QED) is 0.420. The molecule has 0 radical (unpaired) electrons. The minimum absolute atomic E-state index is 0.0462. The lowest BCUT2D eigenvalue weighted by Gasteiger charge is -2.11. The van der Waals surface area contributed by atoms with Gasteiger partial charge in [-0.05, 0) is 62.4 Å². The molecule has 0 aliphatic carbocycles. The van der Waals surface area contributed by atoms with Crippen molar-refractivity contribution in [2.75, 3.05) is 4.72 Å². The van der Waals surface area contributed by atoms with E-state index in [1.165, 1.54) is 35.7 Å². The summed E-state index contributed by atoms with van der Waals surface area (Å²) in [6.45, 7) is 4.75. The van der Waals surface area contributed by atoms with Gasteiger partial charge in [0.25, 0.3) is 10.0 Å². The van der Waals surface area contributed by atoms with Crippen LogP contribution in [0.15, 0.2) is 65.0 Å². The van der Waals surface area contributed by atoms with Gasteiger partial charge in [0.05, 0.1) is 21.8 Å². The molecule has 162 valence electrons. The molecule has 4 aromatic rings. The predicted molar refractivity (Wildman–Crippen MR) is 122 cm³/mol. The molecule has 0 atom stereocenters. The number of nitrogens with one attached hydrogen (secondary N) is 1. The van der Waals surface area contributed by atoms with E-state index < -0.39 is 10.0 Å². The van der Waals surface area contributed by atoms with E-state index in [1.807, 2.05) is 42.8 Å². The first kappa shape index (κ1) is 21.5. The second-order valence-corrected chi connectivity index (χ2v) is 9.40. The number of hydrogen-bond donors (Lipinski definition) is 1. The first-order valence-electron chi connectivity index (χ1n) is 9.69. The number of benzene rings is 2. The lowest BCUT2D eigenvalue weighted by Crippen LogP contribution is -2.13. The van der Waals surface area contributed by atoms with E-state index in [0.717, 1.165) is 23.5 Å². The fourth-order valence-electron chi connectivity index (χ4n) is 3.14. The van der Waals surface area contributed by atoms with Gasteiger partial charge in [0, 0.05) is 23.7 Å². The van der Waals surface area contributed by atoms with Crippen molar-refractivity contribution in [3.05, 3.63) is 71.4 Å². The smallest absolute Gasteiger partial charge is 0.263 e. The van der Waals surface area contributed by atoms with Gasteiger partial charge in [-0.15, -0.1) is 11.3 Å². The van der Waals surface area contributed by atoms with Crippen LogP contribution in [-0.4, -0.2) is 23.2 Å². The number of sulfonamides is 1. The van der Waals surface area contributed by atoms with Crippen LogP contribution in [-0.2, 0) is 16.6 Å². The third kappa shape index (κ3) is 4.49. The lowest BCUT2D eigenvalue weighted by molar-refractivity contribution is 0.480. The number of hydrogen-bond acceptors (Lipinski definition) is 7. The number of ether oxygens (including phenoxy) is 1. The van der Waals surface area contributed by atoms with E-state index in [4.69, 9.17) is 4.74 Å². The number of nitriles is 1. The maximum atomic E-state index is 12.6. The van der Waals surface area contributed by atoms with Crippen LogP contribution in [0.4, 0.5) is 5.13 Å². The zero-order valence-corrected chi connectivity index (χ0v) is 18.9. The Hall–Kier alpha value is -3.68. The molecule has 0 unspecified atom stereocenters. The molecule has 0 fully saturated rings. The number of aryl methyl sites for hydroxylation is 2. The molecule has 8 nitrogen and oxygen atoms in total. The second kappa shape index (κ2) is 8.82. The summed E-state index contributed by atoms with van der Waals surface area (Å²) < 4.78 is 35.3. The first-order valence-corrected chi connectivity index (χ1v) is 12.0. The monoisotopic (exact) mass is 465 g/mol. The van der Waals surface area contributed by atoms with Crippen molar-refractivity contribution in [1.29, 1.82) is 5.26 Å². The van der Waals surface area contributed by atoms with Gasteiger partial charge in [0.1, 0.15) is 17.6 Å². The Morgan fingerprint density at radius 1 is 1.19 bits per heavy atom. The number of rotatable bonds is 7. The predicted octanol–water partition coefficient (Wildman–Crippen LogP) is 4.80. The Bertz CT molecular complexity index is 1390. The third-order valence-electron chi connectivity index (χ3n) is 4.62. The van der Waals surface area contributed by atoms with E-state index in [2.05, 4.69) is 14.8 Å². The SMILES string of the molecule is CCn1nc(C)cc1-c1ccc(Oc2ccc(S(=O)(=O)Nc3nccs3)cc2C#N)cc1. The summed E-state index contributed by atoms with van der Waals surface area (Å²) in [6.07, 6.45) is 1.50. The number of anilines is 1. The number of nitrogens with zero attached hydrogens (tertiary/aromatic N) is 4. The van der Waals surface area contributed by atoms with E-state index in [-0.39, 0.29) is 21.3 Å². The van der Waals surface area contributed by atoms with Gasteiger partial charge in [-0.3, -0.25) is 9.40 Å². The van der Waals surface area contributed by atoms with Crippen LogP contribution >= 0.6 is 11.3 Å². The summed E-state index contributed by atoms with van der Waals surface area (Å²) in [5.41, 5.74) is 3.06. The molecular formula is C22H19N5O3S2. The highest BCUT2D eigenvalue weighted by Crippen LogP contribution is 2.30. The Morgan fingerprint density at radius 2 is 1.97 bits per heavy atom. The van der Waals surface area contributed by atoms with Gasteiger partial charge < -0.3 is 4.74 Å². The molecule has 0 bridgehead atoms. The normalized spacial score (nSPS) is 11.2. The fraction of sp³-hybridized carbons (Fsp3) is 0.136. The molecule has 2 heterocycles. The Kier molecular flexibility index (Phi) is 5.94. The largest absolute Gasteiger partial charge is 0.456 e. The Morgan fingerprint density at radius 3 is 2.62 bits per heavy atom. The molecule has 0 spiro atoms. The van der Waals surface area contributed by atoms with Crippen LogP contribution in [0.3, 0.4) is 0 Å². The van der Waals surface area contributed by atoms with E-state index in [1.54, 1.807) is 17.5 Å². The summed E-state index contributed by atoms with van der Waals surface area (Å²) in [7, 11) is -3.86. The molecular weight excluding hydrogens is 446 g/mol. The lowest BCUT2D eigenvalue weighted by atomic mass is 10.1. The van der Waals surface area contributed by atoms with Gasteiger partial charge in [-0.25, -0.2) is 13.4 Å². The Balaban J connectivity index is 1.56. The highest BCUT2D eigenvalue weighted by atomic mass is 32.2. The van der Waals surface area contributed by atoms with Crippen molar-refractivity contribution in [2.24, 2.45) is 0 Å². The van der Waals surface area contributed by atoms with Crippen LogP contribution in [0.1, 0.15) is 18.2 Å². The molecule has 0 saturated carbocycles. The van der Waals surface area contributed by atoms with Crippen LogP contribution < -0.4 is 9.46 Å². The summed E-state index contributed by atoms with van der Waals surface area (Å²) >= 11 is 1.17. The van der Waals surface area contributed by atoms with Gasteiger partial charge in [-0.2, -0.15) is 10.4 Å². The highest BCUT2D eigenvalue weighted by Gasteiger charge is 2.18. The van der Waals surface area contributed by atoms with Crippen molar-refractivity contribution in [2.45, 2.75) is 25.3 Å². The minimum Gasteiger partial charge on any atom is -0.456 e. The Labute approximate surface area is 189 Å². The van der Waals surface area contributed by atoms with Crippen molar-refractivity contribution >= 4 is 26.5 Å². The van der Waals surface area contributed by atoms with E-state index in [0.29, 0.717) is 5.75 Å². The minimum atomic E-state index is -3.86. The van der Waals surface area contributed by atoms with Crippen molar-refractivity contribution in [3.8, 4) is 28.8 Å². The summed E-state index contributed by atoms with van der Waals surface area (Å²) in [5.74, 6) is 0.795. The van der Waals surface area contributed by atoms with Crippen LogP contribution in [0, 0.1) is 18.3 Å². The fourth-order valence-corrected chi connectivity index (χ4v) is 4.95. The van der Waals surface area contributed by atoms with Crippen LogP contribution in [0.2, 0.25) is 0 Å². The first-order chi connectivity index (χ1) is 15.4. The zero-order chi connectivity index (χ0) is 22.7. The second-order valence-electron chi connectivity index (χ2n) is 6.83. The van der Waals surface area contributed by atoms with Crippen LogP contribution in [0.25, 0.3) is 11.3 Å². The van der Waals surface area contributed by atoms with E-state index >= 15 is 0 Å². The molecule has 2 aromatic carbocycles. The number of aromatic nitrogens is 3. The van der Waals surface area contributed by atoms with E-state index in [9.17, 15) is 13.7 Å². The average molecular weight is 466 g/mol. The van der Waals surface area contributed by atoms with Gasteiger partial charge in [-0.1, -0.05) is 0 Å². The highest BCUT2D eigenvalue weighted by molar-refractivity contribution is 7.93. The van der Waals surface area contributed by atoms with Gasteiger partial charge >= 0.3 is 0 Å². The average Bonchev–Trinajstić information content (AvgIpc) is 3.43. The van der Waals surface area contributed by atoms with Gasteiger partial charge in [0.15, 0.2) is 5.13 Å². The molecule has 32 heavy (non-hydrogen) atoms. The molecule has 2 aromatic heterocycles. The molecule has 0 aliphatic rings. The van der Waals surface area contributed by atoms with Crippen molar-refractivity contribution in [3.63, 3.8) is 0 Å². The molecule has 10 heteroatoms. The molecule has 0 saturated heterocycles.